The zero-order chi connectivity index (χ0) is 14.5. The molecule has 19 heavy (non-hydrogen) atoms. The van der Waals surface area contributed by atoms with Gasteiger partial charge in [0.2, 0.25) is 0 Å². The van der Waals surface area contributed by atoms with Gasteiger partial charge >= 0.3 is 0 Å². The zero-order valence-electron chi connectivity index (χ0n) is 12.0. The van der Waals surface area contributed by atoms with Crippen molar-refractivity contribution in [1.29, 1.82) is 0 Å². The van der Waals surface area contributed by atoms with Crippen LogP contribution in [-0.2, 0) is 14.3 Å². The molecule has 0 saturated carbocycles. The van der Waals surface area contributed by atoms with E-state index in [1.54, 1.807) is 0 Å². The van der Waals surface area contributed by atoms with Crippen LogP contribution in [0.2, 0.25) is 0 Å². The standard InChI is InChI=1S/C14H22O4S/c1-11-9-12(2)14(13(3)10-11)17-7-5-6-8-18-19(4,15)16/h9-10H,5-8H2,1-4H3. The third-order valence-corrected chi connectivity index (χ3v) is 3.28. The highest BCUT2D eigenvalue weighted by Gasteiger charge is 2.05. The molecule has 0 bridgehead atoms. The summed E-state index contributed by atoms with van der Waals surface area (Å²) in [5, 5.41) is 0. The first-order valence-corrected chi connectivity index (χ1v) is 8.16. The number of hydrogen-bond donors (Lipinski definition) is 0. The summed E-state index contributed by atoms with van der Waals surface area (Å²) in [7, 11) is -3.32. The summed E-state index contributed by atoms with van der Waals surface area (Å²) in [5.74, 6) is 0.926. The Morgan fingerprint density at radius 3 is 2.05 bits per heavy atom. The van der Waals surface area contributed by atoms with Gasteiger partial charge in [-0.05, 0) is 44.7 Å². The molecule has 0 fully saturated rings. The van der Waals surface area contributed by atoms with E-state index < -0.39 is 10.1 Å². The SMILES string of the molecule is Cc1cc(C)c(OCCCCOS(C)(=O)=O)c(C)c1. The molecule has 1 aromatic carbocycles. The van der Waals surface area contributed by atoms with Crippen molar-refractivity contribution in [1.82, 2.24) is 0 Å². The van der Waals surface area contributed by atoms with Crippen LogP contribution in [0.15, 0.2) is 12.1 Å². The number of unbranched alkanes of at least 4 members (excludes halogenated alkanes) is 1. The van der Waals surface area contributed by atoms with Crippen molar-refractivity contribution >= 4 is 10.1 Å². The summed E-state index contributed by atoms with van der Waals surface area (Å²) in [6.45, 7) is 6.91. The van der Waals surface area contributed by atoms with E-state index in [0.29, 0.717) is 13.0 Å². The van der Waals surface area contributed by atoms with Gasteiger partial charge in [-0.25, -0.2) is 0 Å². The fourth-order valence-corrected chi connectivity index (χ4v) is 2.40. The fourth-order valence-electron chi connectivity index (χ4n) is 1.98. The summed E-state index contributed by atoms with van der Waals surface area (Å²) in [4.78, 5) is 0. The smallest absolute Gasteiger partial charge is 0.264 e. The Morgan fingerprint density at radius 2 is 1.53 bits per heavy atom. The lowest BCUT2D eigenvalue weighted by Crippen LogP contribution is -2.06. The van der Waals surface area contributed by atoms with Crippen LogP contribution < -0.4 is 4.74 Å². The minimum Gasteiger partial charge on any atom is -0.493 e. The van der Waals surface area contributed by atoms with Crippen LogP contribution in [-0.4, -0.2) is 27.9 Å². The second kappa shape index (κ2) is 6.91. The van der Waals surface area contributed by atoms with Crippen LogP contribution in [0, 0.1) is 20.8 Å². The Morgan fingerprint density at radius 1 is 1.00 bits per heavy atom. The Balaban J connectivity index is 2.34. The van der Waals surface area contributed by atoms with Crippen molar-refractivity contribution in [2.24, 2.45) is 0 Å². The lowest BCUT2D eigenvalue weighted by molar-refractivity contribution is 0.268. The Labute approximate surface area is 115 Å². The molecule has 5 heteroatoms. The number of aryl methyl sites for hydroxylation is 3. The van der Waals surface area contributed by atoms with Crippen molar-refractivity contribution in [3.63, 3.8) is 0 Å². The number of rotatable bonds is 7. The van der Waals surface area contributed by atoms with E-state index in [-0.39, 0.29) is 6.61 Å². The normalized spacial score (nSPS) is 11.6. The maximum absolute atomic E-state index is 10.8. The average Bonchev–Trinajstić information content (AvgIpc) is 2.24. The van der Waals surface area contributed by atoms with Crippen molar-refractivity contribution in [2.75, 3.05) is 19.5 Å². The van der Waals surface area contributed by atoms with Gasteiger partial charge < -0.3 is 4.74 Å². The molecule has 0 atom stereocenters. The molecule has 1 rings (SSSR count). The van der Waals surface area contributed by atoms with Gasteiger partial charge in [-0.2, -0.15) is 8.42 Å². The highest BCUT2D eigenvalue weighted by atomic mass is 32.2. The molecule has 108 valence electrons. The van der Waals surface area contributed by atoms with Crippen LogP contribution >= 0.6 is 0 Å². The van der Waals surface area contributed by atoms with Gasteiger partial charge in [0, 0.05) is 0 Å². The number of hydrogen-bond acceptors (Lipinski definition) is 4. The Kier molecular flexibility index (Phi) is 5.82. The molecule has 0 aromatic heterocycles. The topological polar surface area (TPSA) is 52.6 Å². The second-order valence-electron chi connectivity index (χ2n) is 4.81. The van der Waals surface area contributed by atoms with Gasteiger partial charge in [0.1, 0.15) is 5.75 Å². The largest absolute Gasteiger partial charge is 0.493 e. The van der Waals surface area contributed by atoms with Gasteiger partial charge in [-0.3, -0.25) is 4.18 Å². The minimum atomic E-state index is -3.32. The summed E-state index contributed by atoms with van der Waals surface area (Å²) < 4.78 is 31.9. The van der Waals surface area contributed by atoms with E-state index in [2.05, 4.69) is 23.2 Å². The highest BCUT2D eigenvalue weighted by molar-refractivity contribution is 7.85. The molecule has 1 aromatic rings. The molecule has 0 saturated heterocycles. The molecule has 0 N–H and O–H groups in total. The molecule has 0 radical (unpaired) electrons. The molecule has 0 spiro atoms. The molecule has 0 aliphatic carbocycles. The van der Waals surface area contributed by atoms with E-state index in [4.69, 9.17) is 4.74 Å². The van der Waals surface area contributed by atoms with Crippen LogP contribution in [0.1, 0.15) is 29.5 Å². The number of benzene rings is 1. The first-order valence-electron chi connectivity index (χ1n) is 6.34. The van der Waals surface area contributed by atoms with Crippen molar-refractivity contribution in [3.8, 4) is 5.75 Å². The third kappa shape index (κ3) is 6.07. The average molecular weight is 286 g/mol. The highest BCUT2D eigenvalue weighted by Crippen LogP contribution is 2.24. The maximum atomic E-state index is 10.8. The first kappa shape index (κ1) is 16.0. The third-order valence-electron chi connectivity index (χ3n) is 2.69. The minimum absolute atomic E-state index is 0.216. The van der Waals surface area contributed by atoms with E-state index in [1.165, 1.54) is 5.56 Å². The van der Waals surface area contributed by atoms with Crippen molar-refractivity contribution in [3.05, 3.63) is 28.8 Å². The summed E-state index contributed by atoms with van der Waals surface area (Å²) in [6.07, 6.45) is 2.49. The quantitative estimate of drug-likeness (QED) is 0.571. The Hall–Kier alpha value is -1.07. The van der Waals surface area contributed by atoms with Gasteiger partial charge in [0.15, 0.2) is 0 Å². The predicted molar refractivity (Wildman–Crippen MR) is 76.2 cm³/mol. The van der Waals surface area contributed by atoms with Crippen molar-refractivity contribution in [2.45, 2.75) is 33.6 Å². The fraction of sp³-hybridized carbons (Fsp3) is 0.571. The van der Waals surface area contributed by atoms with E-state index in [9.17, 15) is 8.42 Å². The lowest BCUT2D eigenvalue weighted by Gasteiger charge is -2.13. The maximum Gasteiger partial charge on any atom is 0.264 e. The number of ether oxygens (including phenoxy) is 1. The van der Waals surface area contributed by atoms with Crippen molar-refractivity contribution < 1.29 is 17.3 Å². The molecule has 0 unspecified atom stereocenters. The van der Waals surface area contributed by atoms with Gasteiger partial charge in [-0.1, -0.05) is 17.7 Å². The van der Waals surface area contributed by atoms with Crippen LogP contribution in [0.5, 0.6) is 5.75 Å². The van der Waals surface area contributed by atoms with E-state index >= 15 is 0 Å². The molecule has 0 heterocycles. The van der Waals surface area contributed by atoms with Crippen LogP contribution in [0.4, 0.5) is 0 Å². The molecule has 0 amide bonds. The van der Waals surface area contributed by atoms with E-state index in [0.717, 1.165) is 29.6 Å². The van der Waals surface area contributed by atoms with E-state index in [1.807, 2.05) is 13.8 Å². The second-order valence-corrected chi connectivity index (χ2v) is 6.45. The molecule has 4 nitrogen and oxygen atoms in total. The van der Waals surface area contributed by atoms with Gasteiger partial charge in [0.05, 0.1) is 19.5 Å². The lowest BCUT2D eigenvalue weighted by atomic mass is 10.1. The predicted octanol–water partition coefficient (Wildman–Crippen LogP) is 2.75. The van der Waals surface area contributed by atoms with Crippen LogP contribution in [0.25, 0.3) is 0 Å². The first-order chi connectivity index (χ1) is 8.79. The summed E-state index contributed by atoms with van der Waals surface area (Å²) in [5.41, 5.74) is 3.48. The molecular formula is C14H22O4S. The summed E-state index contributed by atoms with van der Waals surface area (Å²) in [6, 6.07) is 4.18. The summed E-state index contributed by atoms with van der Waals surface area (Å²) >= 11 is 0. The van der Waals surface area contributed by atoms with Gasteiger partial charge in [0.25, 0.3) is 10.1 Å². The molecule has 0 aliphatic heterocycles. The van der Waals surface area contributed by atoms with Crippen LogP contribution in [0.3, 0.4) is 0 Å². The zero-order valence-corrected chi connectivity index (χ0v) is 12.8. The Bertz CT molecular complexity index is 497. The van der Waals surface area contributed by atoms with Gasteiger partial charge in [-0.15, -0.1) is 0 Å². The molecule has 0 aliphatic rings. The molecular weight excluding hydrogens is 264 g/mol. The monoisotopic (exact) mass is 286 g/mol.